The number of amides is 1. The van der Waals surface area contributed by atoms with Gasteiger partial charge in [0.05, 0.1) is 17.4 Å². The van der Waals surface area contributed by atoms with Crippen LogP contribution in [0.2, 0.25) is 0 Å². The maximum Gasteiger partial charge on any atom is 0.243 e. The van der Waals surface area contributed by atoms with Crippen LogP contribution in [0.5, 0.6) is 0 Å². The molecule has 1 saturated heterocycles. The largest absolute Gasteiger partial charge is 0.359 e. The number of nitrogens with one attached hydrogen (secondary N) is 2. The first-order valence-corrected chi connectivity index (χ1v) is 10.9. The molecule has 8 heteroatoms. The van der Waals surface area contributed by atoms with Gasteiger partial charge in [-0.15, -0.1) is 22.7 Å². The Morgan fingerprint density at radius 2 is 2.04 bits per heavy atom. The molecular weight excluding hydrogens is 366 g/mol. The van der Waals surface area contributed by atoms with E-state index >= 15 is 0 Å². The predicted molar refractivity (Wildman–Crippen MR) is 109 cm³/mol. The number of rotatable bonds is 6. The van der Waals surface area contributed by atoms with E-state index in [1.54, 1.807) is 11.3 Å². The Kier molecular flexibility index (Phi) is 6.26. The highest BCUT2D eigenvalue weighted by molar-refractivity contribution is 7.15. The summed E-state index contributed by atoms with van der Waals surface area (Å²) >= 11 is 3.21. The lowest BCUT2D eigenvalue weighted by molar-refractivity contribution is -0.121. The van der Waals surface area contributed by atoms with Crippen LogP contribution in [0.4, 0.5) is 10.3 Å². The summed E-state index contributed by atoms with van der Waals surface area (Å²) in [5.41, 5.74) is 2.13. The molecule has 3 heterocycles. The van der Waals surface area contributed by atoms with Crippen molar-refractivity contribution < 1.29 is 4.79 Å². The molecule has 1 amide bonds. The number of hydrogen-bond donors (Lipinski definition) is 2. The van der Waals surface area contributed by atoms with E-state index in [9.17, 15) is 4.79 Å². The molecule has 0 aromatic carbocycles. The van der Waals surface area contributed by atoms with Crippen LogP contribution in [0, 0.1) is 13.8 Å². The number of hydrogen-bond acceptors (Lipinski definition) is 7. The predicted octanol–water partition coefficient (Wildman–Crippen LogP) is 3.68. The highest BCUT2D eigenvalue weighted by Gasteiger charge is 2.27. The molecule has 1 fully saturated rings. The van der Waals surface area contributed by atoms with Gasteiger partial charge in [-0.25, -0.2) is 9.97 Å². The maximum atomic E-state index is 12.5. The average molecular weight is 394 g/mol. The normalized spacial score (nSPS) is 17.2. The number of carbonyl (C=O) groups excluding carboxylic acids is 1. The molecule has 0 bridgehead atoms. The van der Waals surface area contributed by atoms with Crippen molar-refractivity contribution in [1.82, 2.24) is 14.9 Å². The van der Waals surface area contributed by atoms with E-state index in [-0.39, 0.29) is 11.9 Å². The molecule has 2 aromatic rings. The molecule has 26 heavy (non-hydrogen) atoms. The second kappa shape index (κ2) is 8.45. The molecule has 0 aliphatic carbocycles. The molecule has 1 aliphatic rings. The standard InChI is InChI=1S/C18H27N5OS2/c1-5-14-10-25-17(20-14)21-15-6-8-23(9-7-15)12(3)16(24)22-18-19-11(2)13(4)26-18/h10,12,15H,5-9H2,1-4H3,(H,20,21)(H,19,22,24)/t12-/m1/s1. The Morgan fingerprint density at radius 3 is 2.62 bits per heavy atom. The quantitative estimate of drug-likeness (QED) is 0.783. The monoisotopic (exact) mass is 393 g/mol. The fourth-order valence-corrected chi connectivity index (χ4v) is 4.73. The Balaban J connectivity index is 1.48. The Labute approximate surface area is 163 Å². The third-order valence-electron chi connectivity index (χ3n) is 4.96. The van der Waals surface area contributed by atoms with Crippen molar-refractivity contribution in [2.75, 3.05) is 23.7 Å². The molecule has 0 spiro atoms. The molecule has 6 nitrogen and oxygen atoms in total. The minimum absolute atomic E-state index is 0.0256. The fourth-order valence-electron chi connectivity index (χ4n) is 3.04. The molecule has 0 radical (unpaired) electrons. The van der Waals surface area contributed by atoms with Crippen LogP contribution < -0.4 is 10.6 Å². The lowest BCUT2D eigenvalue weighted by Gasteiger charge is -2.35. The van der Waals surface area contributed by atoms with Crippen LogP contribution in [0.3, 0.4) is 0 Å². The minimum Gasteiger partial charge on any atom is -0.359 e. The Hall–Kier alpha value is -1.51. The topological polar surface area (TPSA) is 70.2 Å². The van der Waals surface area contributed by atoms with E-state index in [0.717, 1.165) is 53.7 Å². The van der Waals surface area contributed by atoms with E-state index in [1.807, 2.05) is 20.8 Å². The van der Waals surface area contributed by atoms with Gasteiger partial charge in [0.25, 0.3) is 0 Å². The maximum absolute atomic E-state index is 12.5. The summed E-state index contributed by atoms with van der Waals surface area (Å²) in [5, 5.41) is 10.3. The first-order valence-electron chi connectivity index (χ1n) is 9.16. The zero-order valence-electron chi connectivity index (χ0n) is 15.8. The number of aromatic nitrogens is 2. The van der Waals surface area contributed by atoms with Crippen LogP contribution >= 0.6 is 22.7 Å². The summed E-state index contributed by atoms with van der Waals surface area (Å²) in [7, 11) is 0. The van der Waals surface area contributed by atoms with Crippen LogP contribution in [0.25, 0.3) is 0 Å². The zero-order chi connectivity index (χ0) is 18.7. The molecule has 1 aliphatic heterocycles. The molecule has 0 saturated carbocycles. The van der Waals surface area contributed by atoms with E-state index < -0.39 is 0 Å². The van der Waals surface area contributed by atoms with Gasteiger partial charge in [0.15, 0.2) is 10.3 Å². The number of nitrogens with zero attached hydrogens (tertiary/aromatic N) is 3. The Bertz CT molecular complexity index is 729. The molecule has 142 valence electrons. The number of carbonyl (C=O) groups is 1. The van der Waals surface area contributed by atoms with Crippen molar-refractivity contribution in [1.29, 1.82) is 0 Å². The van der Waals surface area contributed by atoms with E-state index in [4.69, 9.17) is 0 Å². The van der Waals surface area contributed by atoms with Crippen LogP contribution in [-0.4, -0.2) is 45.9 Å². The first-order chi connectivity index (χ1) is 12.5. The highest BCUT2D eigenvalue weighted by atomic mass is 32.1. The van der Waals surface area contributed by atoms with Gasteiger partial charge in [-0.05, 0) is 40.0 Å². The van der Waals surface area contributed by atoms with E-state index in [1.165, 1.54) is 11.3 Å². The van der Waals surface area contributed by atoms with Gasteiger partial charge in [-0.2, -0.15) is 0 Å². The summed E-state index contributed by atoms with van der Waals surface area (Å²) in [6.07, 6.45) is 3.02. The highest BCUT2D eigenvalue weighted by Crippen LogP contribution is 2.23. The lowest BCUT2D eigenvalue weighted by atomic mass is 10.0. The summed E-state index contributed by atoms with van der Waals surface area (Å²) < 4.78 is 0. The minimum atomic E-state index is -0.146. The summed E-state index contributed by atoms with van der Waals surface area (Å²) in [6.45, 7) is 9.91. The van der Waals surface area contributed by atoms with Crippen LogP contribution in [0.1, 0.15) is 43.0 Å². The van der Waals surface area contributed by atoms with Crippen molar-refractivity contribution in [3.63, 3.8) is 0 Å². The van der Waals surface area contributed by atoms with Crippen LogP contribution in [0.15, 0.2) is 5.38 Å². The molecular formula is C18H27N5OS2. The average Bonchev–Trinajstić information content (AvgIpc) is 3.21. The van der Waals surface area contributed by atoms with Gasteiger partial charge in [0, 0.05) is 29.4 Å². The van der Waals surface area contributed by atoms with Gasteiger partial charge < -0.3 is 10.6 Å². The number of likely N-dealkylation sites (tertiary alicyclic amines) is 1. The second-order valence-electron chi connectivity index (χ2n) is 6.78. The molecule has 0 unspecified atom stereocenters. The Morgan fingerprint density at radius 1 is 1.31 bits per heavy atom. The zero-order valence-corrected chi connectivity index (χ0v) is 17.5. The number of piperidine rings is 1. The van der Waals surface area contributed by atoms with Gasteiger partial charge in [-0.3, -0.25) is 9.69 Å². The third kappa shape index (κ3) is 4.61. The van der Waals surface area contributed by atoms with Crippen molar-refractivity contribution >= 4 is 38.8 Å². The summed E-state index contributed by atoms with van der Waals surface area (Å²) in [5.74, 6) is 0.0256. The number of thiazole rings is 2. The molecule has 2 aromatic heterocycles. The summed E-state index contributed by atoms with van der Waals surface area (Å²) in [4.78, 5) is 24.9. The second-order valence-corrected chi connectivity index (χ2v) is 8.84. The van der Waals surface area contributed by atoms with Gasteiger partial charge in [0.2, 0.25) is 5.91 Å². The smallest absolute Gasteiger partial charge is 0.243 e. The molecule has 3 rings (SSSR count). The fraction of sp³-hybridized carbons (Fsp3) is 0.611. The van der Waals surface area contributed by atoms with Crippen molar-refractivity contribution in [3.8, 4) is 0 Å². The summed E-state index contributed by atoms with van der Waals surface area (Å²) in [6, 6.07) is 0.286. The van der Waals surface area contributed by atoms with Crippen molar-refractivity contribution in [2.24, 2.45) is 0 Å². The van der Waals surface area contributed by atoms with Crippen LogP contribution in [-0.2, 0) is 11.2 Å². The molecule has 2 N–H and O–H groups in total. The lowest BCUT2D eigenvalue weighted by Crippen LogP contribution is -2.48. The van der Waals surface area contributed by atoms with E-state index in [2.05, 4.69) is 37.8 Å². The van der Waals surface area contributed by atoms with Crippen molar-refractivity contribution in [3.05, 3.63) is 21.6 Å². The third-order valence-corrected chi connectivity index (χ3v) is 6.77. The van der Waals surface area contributed by atoms with Gasteiger partial charge >= 0.3 is 0 Å². The first kappa shape index (κ1) is 19.3. The van der Waals surface area contributed by atoms with Gasteiger partial charge in [0.1, 0.15) is 0 Å². The number of aryl methyl sites for hydroxylation is 3. The number of anilines is 2. The molecule has 1 atom stereocenters. The van der Waals surface area contributed by atoms with E-state index in [0.29, 0.717) is 11.2 Å². The van der Waals surface area contributed by atoms with Gasteiger partial charge in [-0.1, -0.05) is 6.92 Å². The van der Waals surface area contributed by atoms with Crippen molar-refractivity contribution in [2.45, 2.75) is 59.0 Å². The SMILES string of the molecule is CCc1csc(NC2CCN([C@H](C)C(=O)Nc3nc(C)c(C)s3)CC2)n1.